The summed E-state index contributed by atoms with van der Waals surface area (Å²) in [5, 5.41) is 24.0. The van der Waals surface area contributed by atoms with Crippen LogP contribution in [0.3, 0.4) is 0 Å². The molecule has 0 spiro atoms. The highest BCUT2D eigenvalue weighted by atomic mass is 16.6. The molecule has 0 saturated heterocycles. The molecule has 0 unspecified atom stereocenters. The van der Waals surface area contributed by atoms with Gasteiger partial charge in [-0.25, -0.2) is 0 Å². The predicted octanol–water partition coefficient (Wildman–Crippen LogP) is 2.59. The van der Waals surface area contributed by atoms with Crippen LogP contribution in [0.4, 0.5) is 5.69 Å². The van der Waals surface area contributed by atoms with Gasteiger partial charge in [0, 0.05) is 18.7 Å². The van der Waals surface area contributed by atoms with Crippen LogP contribution in [0, 0.1) is 10.1 Å². The van der Waals surface area contributed by atoms with E-state index in [1.165, 1.54) is 12.1 Å². The first-order valence-corrected chi connectivity index (χ1v) is 6.75. The SMILES string of the molecule is C[C@](O)(NCCc1ccc([N+](=O)[O-])cc1)c1ccccc1. The molecule has 2 rings (SSSR count). The Morgan fingerprint density at radius 3 is 2.33 bits per heavy atom. The maximum atomic E-state index is 10.6. The molecule has 0 aliphatic rings. The molecule has 2 aromatic rings. The quantitative estimate of drug-likeness (QED) is 0.486. The number of benzene rings is 2. The zero-order valence-corrected chi connectivity index (χ0v) is 11.8. The van der Waals surface area contributed by atoms with Gasteiger partial charge in [0.15, 0.2) is 0 Å². The van der Waals surface area contributed by atoms with E-state index in [2.05, 4.69) is 5.32 Å². The molecular weight excluding hydrogens is 268 g/mol. The number of nitro benzene ring substituents is 1. The minimum Gasteiger partial charge on any atom is -0.372 e. The van der Waals surface area contributed by atoms with Gasteiger partial charge in [-0.3, -0.25) is 15.4 Å². The molecule has 5 nitrogen and oxygen atoms in total. The van der Waals surface area contributed by atoms with Gasteiger partial charge in [-0.05, 0) is 24.5 Å². The van der Waals surface area contributed by atoms with Gasteiger partial charge >= 0.3 is 0 Å². The number of hydrogen-bond donors (Lipinski definition) is 2. The first kappa shape index (κ1) is 15.2. The third kappa shape index (κ3) is 4.11. The molecule has 0 fully saturated rings. The van der Waals surface area contributed by atoms with Crippen LogP contribution in [0.25, 0.3) is 0 Å². The van der Waals surface area contributed by atoms with Gasteiger partial charge in [-0.15, -0.1) is 0 Å². The second-order valence-corrected chi connectivity index (χ2v) is 5.04. The highest BCUT2D eigenvalue weighted by Gasteiger charge is 2.21. The van der Waals surface area contributed by atoms with Crippen molar-refractivity contribution in [1.82, 2.24) is 5.32 Å². The van der Waals surface area contributed by atoms with E-state index in [9.17, 15) is 15.2 Å². The second kappa shape index (κ2) is 6.47. The van der Waals surface area contributed by atoms with E-state index in [4.69, 9.17) is 0 Å². The van der Waals surface area contributed by atoms with E-state index in [0.717, 1.165) is 11.1 Å². The summed E-state index contributed by atoms with van der Waals surface area (Å²) >= 11 is 0. The molecule has 1 atom stereocenters. The number of hydrogen-bond acceptors (Lipinski definition) is 4. The van der Waals surface area contributed by atoms with Gasteiger partial charge in [0.1, 0.15) is 5.72 Å². The monoisotopic (exact) mass is 286 g/mol. The lowest BCUT2D eigenvalue weighted by Gasteiger charge is -2.25. The fourth-order valence-corrected chi connectivity index (χ4v) is 2.10. The standard InChI is InChI=1S/C16H18N2O3/c1-16(19,14-5-3-2-4-6-14)17-12-11-13-7-9-15(10-8-13)18(20)21/h2-10,17,19H,11-12H2,1H3/t16-/m1/s1. The fourth-order valence-electron chi connectivity index (χ4n) is 2.10. The molecule has 0 aliphatic carbocycles. The van der Waals surface area contributed by atoms with E-state index in [-0.39, 0.29) is 5.69 Å². The maximum absolute atomic E-state index is 10.6. The molecule has 0 saturated carbocycles. The van der Waals surface area contributed by atoms with E-state index < -0.39 is 10.6 Å². The minimum absolute atomic E-state index is 0.0861. The lowest BCUT2D eigenvalue weighted by molar-refractivity contribution is -0.384. The first-order chi connectivity index (χ1) is 9.99. The molecule has 21 heavy (non-hydrogen) atoms. The lowest BCUT2D eigenvalue weighted by atomic mass is 10.0. The van der Waals surface area contributed by atoms with Crippen LogP contribution in [-0.2, 0) is 12.1 Å². The summed E-state index contributed by atoms with van der Waals surface area (Å²) in [5.41, 5.74) is 0.774. The zero-order valence-electron chi connectivity index (χ0n) is 11.8. The zero-order chi connectivity index (χ0) is 15.3. The molecule has 5 heteroatoms. The summed E-state index contributed by atoms with van der Waals surface area (Å²) in [6.07, 6.45) is 0.682. The molecule has 110 valence electrons. The van der Waals surface area contributed by atoms with Gasteiger partial charge in [-0.2, -0.15) is 0 Å². The number of nitro groups is 1. The fraction of sp³-hybridized carbons (Fsp3) is 0.250. The Hall–Kier alpha value is -2.24. The number of nitrogens with zero attached hydrogens (tertiary/aromatic N) is 1. The Morgan fingerprint density at radius 2 is 1.76 bits per heavy atom. The molecule has 2 N–H and O–H groups in total. The summed E-state index contributed by atoms with van der Waals surface area (Å²) in [4.78, 5) is 10.2. The Bertz CT molecular complexity index is 595. The van der Waals surface area contributed by atoms with E-state index in [1.54, 1.807) is 19.1 Å². The van der Waals surface area contributed by atoms with Gasteiger partial charge < -0.3 is 5.11 Å². The molecule has 0 aliphatic heterocycles. The Labute approximate surface area is 123 Å². The van der Waals surface area contributed by atoms with Gasteiger partial charge in [0.2, 0.25) is 0 Å². The Morgan fingerprint density at radius 1 is 1.14 bits per heavy atom. The molecular formula is C16H18N2O3. The third-order valence-corrected chi connectivity index (χ3v) is 3.37. The van der Waals surface area contributed by atoms with Crippen molar-refractivity contribution in [3.05, 3.63) is 75.8 Å². The predicted molar refractivity (Wildman–Crippen MR) is 80.8 cm³/mol. The van der Waals surface area contributed by atoms with Crippen molar-refractivity contribution < 1.29 is 10.0 Å². The smallest absolute Gasteiger partial charge is 0.269 e. The third-order valence-electron chi connectivity index (χ3n) is 3.37. The Balaban J connectivity index is 1.90. The van der Waals surface area contributed by atoms with Crippen molar-refractivity contribution in [3.8, 4) is 0 Å². The van der Waals surface area contributed by atoms with Crippen LogP contribution < -0.4 is 5.32 Å². The maximum Gasteiger partial charge on any atom is 0.269 e. The van der Waals surface area contributed by atoms with Crippen LogP contribution in [0.2, 0.25) is 0 Å². The molecule has 0 aromatic heterocycles. The summed E-state index contributed by atoms with van der Waals surface area (Å²) < 4.78 is 0. The van der Waals surface area contributed by atoms with E-state index >= 15 is 0 Å². The van der Waals surface area contributed by atoms with Crippen LogP contribution in [0.5, 0.6) is 0 Å². The average Bonchev–Trinajstić information content (AvgIpc) is 2.48. The summed E-state index contributed by atoms with van der Waals surface area (Å²) in [5.74, 6) is 0. The van der Waals surface area contributed by atoms with Gasteiger partial charge in [0.05, 0.1) is 4.92 Å². The number of non-ortho nitro benzene ring substituents is 1. The van der Waals surface area contributed by atoms with Gasteiger partial charge in [0.25, 0.3) is 5.69 Å². The molecule has 0 heterocycles. The number of rotatable bonds is 6. The van der Waals surface area contributed by atoms with Gasteiger partial charge in [-0.1, -0.05) is 42.5 Å². The largest absolute Gasteiger partial charge is 0.372 e. The van der Waals surface area contributed by atoms with Crippen LogP contribution in [0.15, 0.2) is 54.6 Å². The van der Waals surface area contributed by atoms with Crippen LogP contribution in [-0.4, -0.2) is 16.6 Å². The number of nitrogens with one attached hydrogen (secondary N) is 1. The van der Waals surface area contributed by atoms with Crippen molar-refractivity contribution in [3.63, 3.8) is 0 Å². The highest BCUT2D eigenvalue weighted by molar-refractivity contribution is 5.33. The van der Waals surface area contributed by atoms with E-state index in [0.29, 0.717) is 13.0 Å². The molecule has 0 amide bonds. The average molecular weight is 286 g/mol. The lowest BCUT2D eigenvalue weighted by Crippen LogP contribution is -2.40. The normalized spacial score (nSPS) is 13.6. The van der Waals surface area contributed by atoms with Crippen LogP contribution in [0.1, 0.15) is 18.1 Å². The molecule has 2 aromatic carbocycles. The van der Waals surface area contributed by atoms with E-state index in [1.807, 2.05) is 30.3 Å². The minimum atomic E-state index is -1.10. The molecule has 0 radical (unpaired) electrons. The Kier molecular flexibility index (Phi) is 4.67. The van der Waals surface area contributed by atoms with Crippen molar-refractivity contribution in [2.45, 2.75) is 19.1 Å². The highest BCUT2D eigenvalue weighted by Crippen LogP contribution is 2.17. The van der Waals surface area contributed by atoms with Crippen LogP contribution >= 0.6 is 0 Å². The first-order valence-electron chi connectivity index (χ1n) is 6.75. The molecule has 0 bridgehead atoms. The van der Waals surface area contributed by atoms with Crippen molar-refractivity contribution in [2.24, 2.45) is 0 Å². The number of aliphatic hydroxyl groups is 1. The van der Waals surface area contributed by atoms with Crippen molar-refractivity contribution >= 4 is 5.69 Å². The summed E-state index contributed by atoms with van der Waals surface area (Å²) in [6.45, 7) is 2.28. The summed E-state index contributed by atoms with van der Waals surface area (Å²) in [7, 11) is 0. The summed E-state index contributed by atoms with van der Waals surface area (Å²) in [6, 6.07) is 15.8. The van der Waals surface area contributed by atoms with Crippen molar-refractivity contribution in [2.75, 3.05) is 6.54 Å². The van der Waals surface area contributed by atoms with Crippen molar-refractivity contribution in [1.29, 1.82) is 0 Å². The topological polar surface area (TPSA) is 75.4 Å². The second-order valence-electron chi connectivity index (χ2n) is 5.04.